The summed E-state index contributed by atoms with van der Waals surface area (Å²) in [6.45, 7) is -0.601. The van der Waals surface area contributed by atoms with E-state index < -0.39 is 34.3 Å². The Bertz CT molecular complexity index is 944. The Morgan fingerprint density at radius 1 is 1.11 bits per heavy atom. The van der Waals surface area contributed by atoms with Gasteiger partial charge in [-0.1, -0.05) is 0 Å². The van der Waals surface area contributed by atoms with Crippen LogP contribution in [0.4, 0.5) is 10.1 Å². The monoisotopic (exact) mass is 396 g/mol. The zero-order valence-electron chi connectivity index (χ0n) is 14.5. The van der Waals surface area contributed by atoms with Gasteiger partial charge >= 0.3 is 5.97 Å². The molecular formula is C17H17FN2O6S. The van der Waals surface area contributed by atoms with Gasteiger partial charge in [0, 0.05) is 5.69 Å². The Kier molecular flexibility index (Phi) is 6.48. The van der Waals surface area contributed by atoms with Gasteiger partial charge in [0.15, 0.2) is 6.61 Å². The van der Waals surface area contributed by atoms with E-state index in [1.807, 2.05) is 0 Å². The number of carbonyl (C=O) groups is 2. The summed E-state index contributed by atoms with van der Waals surface area (Å²) in [5.74, 6) is -1.92. The Balaban J connectivity index is 2.06. The van der Waals surface area contributed by atoms with Crippen LogP contribution in [-0.2, 0) is 19.6 Å². The molecular weight excluding hydrogens is 379 g/mol. The van der Waals surface area contributed by atoms with Crippen LogP contribution in [0.25, 0.3) is 0 Å². The normalized spacial score (nSPS) is 10.9. The maximum absolute atomic E-state index is 12.8. The summed E-state index contributed by atoms with van der Waals surface area (Å²) in [4.78, 5) is 23.7. The molecule has 10 heteroatoms. The van der Waals surface area contributed by atoms with Gasteiger partial charge in [0.25, 0.3) is 5.91 Å². The van der Waals surface area contributed by atoms with E-state index in [-0.39, 0.29) is 16.2 Å². The highest BCUT2D eigenvalue weighted by Crippen LogP contribution is 2.25. The van der Waals surface area contributed by atoms with Gasteiger partial charge in [0.2, 0.25) is 10.0 Å². The Labute approximate surface area is 155 Å². The number of esters is 1. The van der Waals surface area contributed by atoms with Gasteiger partial charge in [-0.05, 0) is 49.5 Å². The van der Waals surface area contributed by atoms with Crippen LogP contribution in [0.1, 0.15) is 10.4 Å². The largest absolute Gasteiger partial charge is 0.495 e. The van der Waals surface area contributed by atoms with Gasteiger partial charge < -0.3 is 14.8 Å². The fraction of sp³-hybridized carbons (Fsp3) is 0.176. The predicted octanol–water partition coefficient (Wildman–Crippen LogP) is 1.54. The van der Waals surface area contributed by atoms with Gasteiger partial charge in [0.05, 0.1) is 12.7 Å². The lowest BCUT2D eigenvalue weighted by Crippen LogP contribution is -2.22. The number of anilines is 1. The lowest BCUT2D eigenvalue weighted by Gasteiger charge is -2.11. The SMILES string of the molecule is CNS(=O)(=O)c1cc(C(=O)OCC(=O)Nc2ccc(F)cc2)ccc1OC. The molecule has 2 N–H and O–H groups in total. The highest BCUT2D eigenvalue weighted by molar-refractivity contribution is 7.89. The van der Waals surface area contributed by atoms with Gasteiger partial charge in [-0.3, -0.25) is 4.79 Å². The van der Waals surface area contributed by atoms with Crippen molar-refractivity contribution in [1.82, 2.24) is 4.72 Å². The minimum Gasteiger partial charge on any atom is -0.495 e. The summed E-state index contributed by atoms with van der Waals surface area (Å²) in [5.41, 5.74) is 0.267. The first-order chi connectivity index (χ1) is 12.8. The van der Waals surface area contributed by atoms with Crippen molar-refractivity contribution in [3.8, 4) is 5.75 Å². The third-order valence-corrected chi connectivity index (χ3v) is 4.86. The number of ether oxygens (including phenoxy) is 2. The second-order valence-corrected chi connectivity index (χ2v) is 7.06. The minimum atomic E-state index is -3.87. The topological polar surface area (TPSA) is 111 Å². The Hall–Kier alpha value is -2.98. The zero-order valence-corrected chi connectivity index (χ0v) is 15.3. The lowest BCUT2D eigenvalue weighted by molar-refractivity contribution is -0.119. The molecule has 0 aliphatic rings. The first kappa shape index (κ1) is 20.3. The van der Waals surface area contributed by atoms with Crippen molar-refractivity contribution in [3.63, 3.8) is 0 Å². The number of hydrogen-bond donors (Lipinski definition) is 2. The predicted molar refractivity (Wildman–Crippen MR) is 94.6 cm³/mol. The summed E-state index contributed by atoms with van der Waals surface area (Å²) >= 11 is 0. The maximum Gasteiger partial charge on any atom is 0.338 e. The van der Waals surface area contributed by atoms with Crippen LogP contribution in [0.15, 0.2) is 47.4 Å². The molecule has 27 heavy (non-hydrogen) atoms. The molecule has 0 saturated carbocycles. The minimum absolute atomic E-state index is 0.0509. The molecule has 0 radical (unpaired) electrons. The third kappa shape index (κ3) is 5.25. The smallest absolute Gasteiger partial charge is 0.338 e. The van der Waals surface area contributed by atoms with E-state index in [0.29, 0.717) is 5.69 Å². The first-order valence-electron chi connectivity index (χ1n) is 7.61. The number of methoxy groups -OCH3 is 1. The first-order valence-corrected chi connectivity index (χ1v) is 9.09. The second kappa shape index (κ2) is 8.60. The van der Waals surface area contributed by atoms with Crippen molar-refractivity contribution in [3.05, 3.63) is 53.8 Å². The van der Waals surface area contributed by atoms with Crippen LogP contribution in [0.2, 0.25) is 0 Å². The summed E-state index contributed by atoms with van der Waals surface area (Å²) in [6.07, 6.45) is 0. The van der Waals surface area contributed by atoms with Gasteiger partial charge in [-0.25, -0.2) is 22.3 Å². The summed E-state index contributed by atoms with van der Waals surface area (Å²) < 4.78 is 48.8. The van der Waals surface area contributed by atoms with E-state index in [1.54, 1.807) is 0 Å². The van der Waals surface area contributed by atoms with E-state index in [4.69, 9.17) is 9.47 Å². The molecule has 2 rings (SSSR count). The quantitative estimate of drug-likeness (QED) is 0.687. The number of amides is 1. The molecule has 0 unspecified atom stereocenters. The van der Waals surface area contributed by atoms with Gasteiger partial charge in [-0.15, -0.1) is 0 Å². The molecule has 2 aromatic rings. The van der Waals surface area contributed by atoms with Crippen LogP contribution >= 0.6 is 0 Å². The fourth-order valence-electron chi connectivity index (χ4n) is 2.07. The molecule has 144 valence electrons. The summed E-state index contributed by atoms with van der Waals surface area (Å²) in [6, 6.07) is 8.75. The van der Waals surface area contributed by atoms with E-state index in [2.05, 4.69) is 10.0 Å². The molecule has 0 aliphatic carbocycles. The van der Waals surface area contributed by atoms with Crippen molar-refractivity contribution in [1.29, 1.82) is 0 Å². The number of halogens is 1. The molecule has 1 amide bonds. The highest BCUT2D eigenvalue weighted by atomic mass is 32.2. The van der Waals surface area contributed by atoms with Crippen molar-refractivity contribution in [2.24, 2.45) is 0 Å². The van der Waals surface area contributed by atoms with E-state index >= 15 is 0 Å². The summed E-state index contributed by atoms with van der Waals surface area (Å²) in [7, 11) is -1.35. The second-order valence-electron chi connectivity index (χ2n) is 5.20. The molecule has 0 heterocycles. The molecule has 0 saturated heterocycles. The van der Waals surface area contributed by atoms with Crippen LogP contribution in [0, 0.1) is 5.82 Å². The number of sulfonamides is 1. The average molecular weight is 396 g/mol. The van der Waals surface area contributed by atoms with Gasteiger partial charge in [0.1, 0.15) is 16.5 Å². The van der Waals surface area contributed by atoms with Crippen molar-refractivity contribution >= 4 is 27.6 Å². The lowest BCUT2D eigenvalue weighted by atomic mass is 10.2. The molecule has 0 bridgehead atoms. The highest BCUT2D eigenvalue weighted by Gasteiger charge is 2.21. The molecule has 0 aromatic heterocycles. The number of nitrogens with one attached hydrogen (secondary N) is 2. The standard InChI is InChI=1S/C17H17FN2O6S/c1-19-27(23,24)15-9-11(3-8-14(15)25-2)17(22)26-10-16(21)20-13-6-4-12(18)5-7-13/h3-9,19H,10H2,1-2H3,(H,20,21). The molecule has 0 atom stereocenters. The Morgan fingerprint density at radius 3 is 2.37 bits per heavy atom. The van der Waals surface area contributed by atoms with Crippen LogP contribution < -0.4 is 14.8 Å². The van der Waals surface area contributed by atoms with E-state index in [9.17, 15) is 22.4 Å². The third-order valence-electron chi connectivity index (χ3n) is 3.42. The van der Waals surface area contributed by atoms with Crippen molar-refractivity contribution in [2.75, 3.05) is 26.1 Å². The van der Waals surface area contributed by atoms with Crippen LogP contribution in [0.3, 0.4) is 0 Å². The number of benzene rings is 2. The van der Waals surface area contributed by atoms with E-state index in [1.165, 1.54) is 50.6 Å². The van der Waals surface area contributed by atoms with Crippen LogP contribution in [0.5, 0.6) is 5.75 Å². The molecule has 8 nitrogen and oxygen atoms in total. The Morgan fingerprint density at radius 2 is 1.78 bits per heavy atom. The van der Waals surface area contributed by atoms with Crippen LogP contribution in [-0.4, -0.2) is 41.1 Å². The zero-order chi connectivity index (χ0) is 20.0. The van der Waals surface area contributed by atoms with Gasteiger partial charge in [-0.2, -0.15) is 0 Å². The number of rotatable bonds is 7. The molecule has 2 aromatic carbocycles. The molecule has 0 aliphatic heterocycles. The number of hydrogen-bond acceptors (Lipinski definition) is 6. The average Bonchev–Trinajstić information content (AvgIpc) is 2.67. The van der Waals surface area contributed by atoms with Crippen molar-refractivity contribution in [2.45, 2.75) is 4.90 Å². The van der Waals surface area contributed by atoms with E-state index in [0.717, 1.165) is 6.07 Å². The van der Waals surface area contributed by atoms with Crippen molar-refractivity contribution < 1.29 is 31.9 Å². The summed E-state index contributed by atoms with van der Waals surface area (Å²) in [5, 5.41) is 2.43. The molecule has 0 spiro atoms. The molecule has 0 fully saturated rings. The maximum atomic E-state index is 12.8. The number of carbonyl (C=O) groups excluding carboxylic acids is 2. The fourth-order valence-corrected chi connectivity index (χ4v) is 2.99.